The van der Waals surface area contributed by atoms with Gasteiger partial charge < -0.3 is 15.2 Å². The van der Waals surface area contributed by atoms with Gasteiger partial charge in [0.25, 0.3) is 11.5 Å². The van der Waals surface area contributed by atoms with Gasteiger partial charge in [0.1, 0.15) is 11.1 Å². The number of fused-ring (bicyclic) bond motifs is 1. The Kier molecular flexibility index (Phi) is 4.82. The molecular weight excluding hydrogens is 362 g/mol. The molecule has 0 radical (unpaired) electrons. The minimum Gasteiger partial charge on any atom is -0.496 e. The number of aromatic amines is 1. The number of aliphatic hydroxyl groups excluding tert-OH is 1. The van der Waals surface area contributed by atoms with Crippen LogP contribution in [-0.4, -0.2) is 50.0 Å². The van der Waals surface area contributed by atoms with Crippen molar-refractivity contribution in [1.82, 2.24) is 25.1 Å². The van der Waals surface area contributed by atoms with E-state index in [1.165, 1.54) is 24.2 Å². The van der Waals surface area contributed by atoms with Gasteiger partial charge >= 0.3 is 0 Å². The lowest BCUT2D eigenvalue weighted by Gasteiger charge is -2.26. The molecular formula is C19H21N5O4. The summed E-state index contributed by atoms with van der Waals surface area (Å²) in [7, 11) is 1.50. The minimum absolute atomic E-state index is 0.0489. The average Bonchev–Trinajstić information content (AvgIpc) is 3.07. The van der Waals surface area contributed by atoms with Crippen molar-refractivity contribution in [3.8, 4) is 11.7 Å². The highest BCUT2D eigenvalue weighted by Gasteiger charge is 2.22. The Morgan fingerprint density at radius 3 is 2.64 bits per heavy atom. The quantitative estimate of drug-likeness (QED) is 0.621. The van der Waals surface area contributed by atoms with E-state index in [1.54, 1.807) is 18.2 Å². The molecule has 3 N–H and O–H groups in total. The number of hydrogen-bond donors (Lipinski definition) is 3. The normalized spacial score (nSPS) is 19.5. The zero-order chi connectivity index (χ0) is 19.7. The molecule has 2 aromatic heterocycles. The maximum atomic E-state index is 12.4. The van der Waals surface area contributed by atoms with Gasteiger partial charge in [0.15, 0.2) is 0 Å². The molecule has 0 spiro atoms. The first-order valence-electron chi connectivity index (χ1n) is 9.16. The van der Waals surface area contributed by atoms with Crippen LogP contribution in [0.2, 0.25) is 0 Å². The van der Waals surface area contributed by atoms with Crippen molar-refractivity contribution in [3.05, 3.63) is 46.5 Å². The van der Waals surface area contributed by atoms with Gasteiger partial charge in [0, 0.05) is 18.4 Å². The third-order valence-electron chi connectivity index (χ3n) is 5.04. The van der Waals surface area contributed by atoms with Crippen LogP contribution in [-0.2, 0) is 0 Å². The molecule has 4 rings (SSSR count). The van der Waals surface area contributed by atoms with Gasteiger partial charge in [-0.2, -0.15) is 0 Å². The molecule has 1 fully saturated rings. The molecule has 1 saturated carbocycles. The molecule has 28 heavy (non-hydrogen) atoms. The zero-order valence-electron chi connectivity index (χ0n) is 15.4. The van der Waals surface area contributed by atoms with Crippen molar-refractivity contribution in [1.29, 1.82) is 0 Å². The van der Waals surface area contributed by atoms with Crippen LogP contribution in [0.25, 0.3) is 16.9 Å². The molecule has 1 aromatic carbocycles. The van der Waals surface area contributed by atoms with Crippen LogP contribution in [0.4, 0.5) is 0 Å². The summed E-state index contributed by atoms with van der Waals surface area (Å²) in [6.45, 7) is 0. The first-order chi connectivity index (χ1) is 13.6. The Hall–Kier alpha value is -3.20. The zero-order valence-corrected chi connectivity index (χ0v) is 15.4. The predicted octanol–water partition coefficient (Wildman–Crippen LogP) is 1.15. The van der Waals surface area contributed by atoms with Gasteiger partial charge in [0.2, 0.25) is 5.95 Å². The summed E-state index contributed by atoms with van der Waals surface area (Å²) < 4.78 is 6.71. The number of ether oxygens (including phenoxy) is 1. The van der Waals surface area contributed by atoms with Crippen molar-refractivity contribution < 1.29 is 14.6 Å². The van der Waals surface area contributed by atoms with Crippen molar-refractivity contribution >= 4 is 16.8 Å². The fraction of sp³-hybridized carbons (Fsp3) is 0.368. The van der Waals surface area contributed by atoms with Gasteiger partial charge in [-0.15, -0.1) is 0 Å². The van der Waals surface area contributed by atoms with Crippen LogP contribution < -0.4 is 15.6 Å². The van der Waals surface area contributed by atoms with E-state index in [-0.39, 0.29) is 29.6 Å². The summed E-state index contributed by atoms with van der Waals surface area (Å²) in [4.78, 5) is 33.2. The Balaban J connectivity index is 1.56. The number of nitrogens with one attached hydrogen (secondary N) is 2. The topological polar surface area (TPSA) is 122 Å². The molecule has 0 bridgehead atoms. The third kappa shape index (κ3) is 3.36. The van der Waals surface area contributed by atoms with Crippen LogP contribution in [0.1, 0.15) is 36.0 Å². The van der Waals surface area contributed by atoms with E-state index in [2.05, 4.69) is 20.4 Å². The van der Waals surface area contributed by atoms with Gasteiger partial charge in [-0.3, -0.25) is 14.7 Å². The summed E-state index contributed by atoms with van der Waals surface area (Å²) in [5.74, 6) is 0.462. The van der Waals surface area contributed by atoms with Crippen LogP contribution in [0.5, 0.6) is 5.75 Å². The van der Waals surface area contributed by atoms with Crippen LogP contribution in [0.15, 0.2) is 35.4 Å². The minimum atomic E-state index is -0.308. The van der Waals surface area contributed by atoms with E-state index >= 15 is 0 Å². The number of benzene rings is 1. The summed E-state index contributed by atoms with van der Waals surface area (Å²) in [6, 6.07) is 5.29. The molecule has 1 aliphatic rings. The number of aliphatic hydroxyl groups is 1. The van der Waals surface area contributed by atoms with Gasteiger partial charge in [-0.05, 0) is 37.8 Å². The van der Waals surface area contributed by atoms with Crippen LogP contribution in [0.3, 0.4) is 0 Å². The van der Waals surface area contributed by atoms with Crippen molar-refractivity contribution in [2.24, 2.45) is 0 Å². The molecule has 146 valence electrons. The number of carbonyl (C=O) groups is 1. The smallest absolute Gasteiger partial charge is 0.276 e. The molecule has 1 aliphatic carbocycles. The highest BCUT2D eigenvalue weighted by Crippen LogP contribution is 2.23. The number of rotatable bonds is 4. The number of H-pyrrole nitrogens is 1. The van der Waals surface area contributed by atoms with E-state index < -0.39 is 0 Å². The Morgan fingerprint density at radius 2 is 1.96 bits per heavy atom. The summed E-state index contributed by atoms with van der Waals surface area (Å²) in [5.41, 5.74) is 0.617. The van der Waals surface area contributed by atoms with Crippen molar-refractivity contribution in [2.45, 2.75) is 37.8 Å². The second kappa shape index (κ2) is 7.43. The average molecular weight is 383 g/mol. The van der Waals surface area contributed by atoms with Crippen molar-refractivity contribution in [3.63, 3.8) is 0 Å². The molecule has 1 amide bonds. The monoisotopic (exact) mass is 383 g/mol. The maximum absolute atomic E-state index is 12.4. The number of aromatic nitrogens is 4. The van der Waals surface area contributed by atoms with Gasteiger partial charge in [-0.25, -0.2) is 14.6 Å². The number of hydrogen-bond acceptors (Lipinski definition) is 6. The van der Waals surface area contributed by atoms with E-state index in [4.69, 9.17) is 4.74 Å². The standard InChI is InChI=1S/C19H21N5O4/c1-28-15-4-2-3-14-16(15)18(27)23-24(14)19-20-9-11(10-21-19)17(26)22-12-5-7-13(25)8-6-12/h2-4,9-10,12-13,25H,5-8H2,1H3,(H,22,26)(H,23,27). The van der Waals surface area contributed by atoms with E-state index in [0.717, 1.165) is 12.8 Å². The molecule has 9 heteroatoms. The number of carbonyl (C=O) groups excluding carboxylic acids is 1. The lowest BCUT2D eigenvalue weighted by molar-refractivity contribution is 0.0867. The number of methoxy groups -OCH3 is 1. The first-order valence-corrected chi connectivity index (χ1v) is 9.16. The molecule has 2 heterocycles. The highest BCUT2D eigenvalue weighted by atomic mass is 16.5. The third-order valence-corrected chi connectivity index (χ3v) is 5.04. The predicted molar refractivity (Wildman–Crippen MR) is 102 cm³/mol. The maximum Gasteiger partial charge on any atom is 0.276 e. The van der Waals surface area contributed by atoms with Crippen molar-refractivity contribution in [2.75, 3.05) is 7.11 Å². The molecule has 0 saturated heterocycles. The second-order valence-electron chi connectivity index (χ2n) is 6.88. The summed E-state index contributed by atoms with van der Waals surface area (Å²) in [5, 5.41) is 15.6. The fourth-order valence-corrected chi connectivity index (χ4v) is 3.52. The lowest BCUT2D eigenvalue weighted by Crippen LogP contribution is -2.38. The van der Waals surface area contributed by atoms with Gasteiger partial charge in [0.05, 0.1) is 24.3 Å². The number of nitrogens with zero attached hydrogens (tertiary/aromatic N) is 3. The summed E-state index contributed by atoms with van der Waals surface area (Å²) in [6.07, 6.45) is 5.48. The van der Waals surface area contributed by atoms with Crippen LogP contribution in [0, 0.1) is 0 Å². The first kappa shape index (κ1) is 18.2. The largest absolute Gasteiger partial charge is 0.496 e. The van der Waals surface area contributed by atoms with E-state index in [0.29, 0.717) is 35.1 Å². The lowest BCUT2D eigenvalue weighted by atomic mass is 9.93. The molecule has 0 atom stereocenters. The number of amides is 1. The Bertz CT molecular complexity index is 1050. The molecule has 9 nitrogen and oxygen atoms in total. The summed E-state index contributed by atoms with van der Waals surface area (Å²) >= 11 is 0. The molecule has 0 aliphatic heterocycles. The fourth-order valence-electron chi connectivity index (χ4n) is 3.52. The second-order valence-corrected chi connectivity index (χ2v) is 6.88. The van der Waals surface area contributed by atoms with Gasteiger partial charge in [-0.1, -0.05) is 6.07 Å². The SMILES string of the molecule is COc1cccc2c1c(=O)[nH]n2-c1ncc(C(=O)NC2CCC(O)CC2)cn1. The Labute approximate surface area is 160 Å². The van der Waals surface area contributed by atoms with Crippen LogP contribution >= 0.6 is 0 Å². The highest BCUT2D eigenvalue weighted by molar-refractivity contribution is 5.93. The molecule has 3 aromatic rings. The van der Waals surface area contributed by atoms with E-state index in [1.807, 2.05) is 0 Å². The van der Waals surface area contributed by atoms with E-state index in [9.17, 15) is 14.7 Å². The Morgan fingerprint density at radius 1 is 1.25 bits per heavy atom. The molecule has 0 unspecified atom stereocenters.